The van der Waals surface area contributed by atoms with Crippen LogP contribution in [0.3, 0.4) is 0 Å². The van der Waals surface area contributed by atoms with E-state index in [4.69, 9.17) is 0 Å². The van der Waals surface area contributed by atoms with Crippen molar-refractivity contribution in [3.63, 3.8) is 0 Å². The molecule has 0 unspecified atom stereocenters. The van der Waals surface area contributed by atoms with Crippen molar-refractivity contribution < 1.29 is 0 Å². The van der Waals surface area contributed by atoms with Gasteiger partial charge in [0.15, 0.2) is 5.65 Å². The summed E-state index contributed by atoms with van der Waals surface area (Å²) < 4.78 is 1.73. The van der Waals surface area contributed by atoms with Crippen LogP contribution in [-0.4, -0.2) is 25.9 Å². The van der Waals surface area contributed by atoms with Crippen LogP contribution in [0.15, 0.2) is 36.4 Å². The highest BCUT2D eigenvalue weighted by atomic mass is 15.4. The zero-order valence-electron chi connectivity index (χ0n) is 11.7. The number of nitrogens with one attached hydrogen (secondary N) is 2. The van der Waals surface area contributed by atoms with Crippen LogP contribution < -0.4 is 10.6 Å². The fourth-order valence-electron chi connectivity index (χ4n) is 2.21. The fraction of sp³-hybridized carbons (Fsp3) is 0.267. The molecule has 4 rings (SSSR count). The fourth-order valence-corrected chi connectivity index (χ4v) is 2.21. The van der Waals surface area contributed by atoms with Crippen molar-refractivity contribution in [3.05, 3.63) is 42.0 Å². The standard InChI is InChI=1S/C15H16N6/c1-10-4-2-3-5-12(10)17-15-19-18-14-9-8-13(20-21(14)15)16-11-6-7-11/h2-5,8-9,11H,6-7H2,1H3,(H,16,20)(H,17,19). The van der Waals surface area contributed by atoms with Gasteiger partial charge in [0.05, 0.1) is 0 Å². The second-order valence-corrected chi connectivity index (χ2v) is 5.37. The summed E-state index contributed by atoms with van der Waals surface area (Å²) in [6, 6.07) is 12.5. The molecule has 0 amide bonds. The van der Waals surface area contributed by atoms with Crippen molar-refractivity contribution in [1.29, 1.82) is 0 Å². The van der Waals surface area contributed by atoms with Gasteiger partial charge in [-0.25, -0.2) is 0 Å². The average molecular weight is 280 g/mol. The third kappa shape index (κ3) is 2.40. The Labute approximate surface area is 122 Å². The molecule has 6 nitrogen and oxygen atoms in total. The van der Waals surface area contributed by atoms with Crippen LogP contribution >= 0.6 is 0 Å². The van der Waals surface area contributed by atoms with Gasteiger partial charge in [0.2, 0.25) is 0 Å². The van der Waals surface area contributed by atoms with E-state index < -0.39 is 0 Å². The zero-order chi connectivity index (χ0) is 14.2. The molecule has 0 aliphatic heterocycles. The van der Waals surface area contributed by atoms with E-state index >= 15 is 0 Å². The highest BCUT2D eigenvalue weighted by Gasteiger charge is 2.21. The zero-order valence-corrected chi connectivity index (χ0v) is 11.7. The molecule has 21 heavy (non-hydrogen) atoms. The molecule has 106 valence electrons. The van der Waals surface area contributed by atoms with Gasteiger partial charge < -0.3 is 10.6 Å². The molecule has 2 N–H and O–H groups in total. The summed E-state index contributed by atoms with van der Waals surface area (Å²) in [4.78, 5) is 0. The molecule has 0 spiro atoms. The minimum Gasteiger partial charge on any atom is -0.366 e. The summed E-state index contributed by atoms with van der Waals surface area (Å²) in [6.07, 6.45) is 2.44. The number of para-hydroxylation sites is 1. The number of anilines is 3. The molecule has 6 heteroatoms. The van der Waals surface area contributed by atoms with Crippen molar-refractivity contribution >= 4 is 23.1 Å². The Kier molecular flexibility index (Phi) is 2.73. The Hall–Kier alpha value is -2.63. The van der Waals surface area contributed by atoms with Crippen LogP contribution in [0.5, 0.6) is 0 Å². The molecular weight excluding hydrogens is 264 g/mol. The highest BCUT2D eigenvalue weighted by Crippen LogP contribution is 2.24. The lowest BCUT2D eigenvalue weighted by Crippen LogP contribution is -2.07. The first-order chi connectivity index (χ1) is 10.3. The first-order valence-electron chi connectivity index (χ1n) is 7.11. The predicted octanol–water partition coefficient (Wildman–Crippen LogP) is 2.75. The van der Waals surface area contributed by atoms with E-state index in [2.05, 4.69) is 38.9 Å². The van der Waals surface area contributed by atoms with Gasteiger partial charge in [-0.05, 0) is 43.5 Å². The van der Waals surface area contributed by atoms with Gasteiger partial charge >= 0.3 is 0 Å². The number of fused-ring (bicyclic) bond motifs is 1. The number of hydrogen-bond acceptors (Lipinski definition) is 5. The number of rotatable bonds is 4. The van der Waals surface area contributed by atoms with Gasteiger partial charge in [0, 0.05) is 11.7 Å². The average Bonchev–Trinajstić information content (AvgIpc) is 3.22. The maximum absolute atomic E-state index is 4.56. The third-order valence-corrected chi connectivity index (χ3v) is 3.58. The summed E-state index contributed by atoms with van der Waals surface area (Å²) in [5.74, 6) is 1.48. The number of benzene rings is 1. The van der Waals surface area contributed by atoms with Crippen LogP contribution in [0.25, 0.3) is 5.65 Å². The first-order valence-corrected chi connectivity index (χ1v) is 7.11. The summed E-state index contributed by atoms with van der Waals surface area (Å²) in [7, 11) is 0. The molecule has 1 saturated carbocycles. The van der Waals surface area contributed by atoms with E-state index in [1.54, 1.807) is 4.52 Å². The minimum atomic E-state index is 0.569. The first kappa shape index (κ1) is 12.1. The Morgan fingerprint density at radius 2 is 1.95 bits per heavy atom. The van der Waals surface area contributed by atoms with E-state index in [0.717, 1.165) is 22.7 Å². The predicted molar refractivity (Wildman–Crippen MR) is 81.9 cm³/mol. The Bertz CT molecular complexity index is 790. The Morgan fingerprint density at radius 1 is 1.10 bits per heavy atom. The molecule has 1 fully saturated rings. The lowest BCUT2D eigenvalue weighted by molar-refractivity contribution is 0.924. The van der Waals surface area contributed by atoms with Gasteiger partial charge in [-0.1, -0.05) is 18.2 Å². The SMILES string of the molecule is Cc1ccccc1Nc1nnc2ccc(NC3CC3)nn12. The lowest BCUT2D eigenvalue weighted by Gasteiger charge is -2.08. The largest absolute Gasteiger partial charge is 0.366 e. The van der Waals surface area contributed by atoms with Crippen molar-refractivity contribution in [1.82, 2.24) is 19.8 Å². The molecule has 1 aliphatic carbocycles. The second kappa shape index (κ2) is 4.73. The lowest BCUT2D eigenvalue weighted by atomic mass is 10.2. The van der Waals surface area contributed by atoms with Crippen molar-refractivity contribution in [2.75, 3.05) is 10.6 Å². The number of aromatic nitrogens is 4. The monoisotopic (exact) mass is 280 g/mol. The number of nitrogens with zero attached hydrogens (tertiary/aromatic N) is 4. The summed E-state index contributed by atoms with van der Waals surface area (Å²) in [5, 5.41) is 19.6. The molecule has 1 aromatic carbocycles. The van der Waals surface area contributed by atoms with Gasteiger partial charge in [0.1, 0.15) is 5.82 Å². The van der Waals surface area contributed by atoms with Crippen molar-refractivity contribution in [2.24, 2.45) is 0 Å². The molecule has 3 aromatic rings. The van der Waals surface area contributed by atoms with Crippen molar-refractivity contribution in [2.45, 2.75) is 25.8 Å². The highest BCUT2D eigenvalue weighted by molar-refractivity contribution is 5.60. The van der Waals surface area contributed by atoms with Gasteiger partial charge in [-0.2, -0.15) is 4.52 Å². The summed E-state index contributed by atoms with van der Waals surface area (Å²) in [5.41, 5.74) is 2.89. The maximum atomic E-state index is 4.56. The smallest absolute Gasteiger partial charge is 0.250 e. The molecule has 0 bridgehead atoms. The number of aryl methyl sites for hydroxylation is 1. The normalized spacial score (nSPS) is 14.3. The van der Waals surface area contributed by atoms with Gasteiger partial charge in [-0.15, -0.1) is 15.3 Å². The molecule has 1 aliphatic rings. The third-order valence-electron chi connectivity index (χ3n) is 3.58. The summed E-state index contributed by atoms with van der Waals surface area (Å²) >= 11 is 0. The molecule has 0 atom stereocenters. The Balaban J connectivity index is 1.69. The van der Waals surface area contributed by atoms with Crippen LogP contribution in [0.1, 0.15) is 18.4 Å². The quantitative estimate of drug-likeness (QED) is 0.769. The van der Waals surface area contributed by atoms with Gasteiger partial charge in [0.25, 0.3) is 5.95 Å². The van der Waals surface area contributed by atoms with E-state index in [-0.39, 0.29) is 0 Å². The second-order valence-electron chi connectivity index (χ2n) is 5.37. The van der Waals surface area contributed by atoms with Crippen molar-refractivity contribution in [3.8, 4) is 0 Å². The van der Waals surface area contributed by atoms with Gasteiger partial charge in [-0.3, -0.25) is 0 Å². The Morgan fingerprint density at radius 3 is 2.76 bits per heavy atom. The van der Waals surface area contributed by atoms with Crippen LogP contribution in [0.4, 0.5) is 17.5 Å². The molecule has 2 heterocycles. The summed E-state index contributed by atoms with van der Waals surface area (Å²) in [6.45, 7) is 2.05. The minimum absolute atomic E-state index is 0.569. The van der Waals surface area contributed by atoms with Crippen LogP contribution in [0, 0.1) is 6.92 Å². The molecule has 2 aromatic heterocycles. The number of hydrogen-bond donors (Lipinski definition) is 2. The van der Waals surface area contributed by atoms with Crippen LogP contribution in [-0.2, 0) is 0 Å². The van der Waals surface area contributed by atoms with E-state index in [0.29, 0.717) is 12.0 Å². The van der Waals surface area contributed by atoms with E-state index in [9.17, 15) is 0 Å². The molecular formula is C15H16N6. The van der Waals surface area contributed by atoms with Crippen LogP contribution in [0.2, 0.25) is 0 Å². The molecule has 0 radical (unpaired) electrons. The topological polar surface area (TPSA) is 67.1 Å². The van der Waals surface area contributed by atoms with E-state index in [1.165, 1.54) is 12.8 Å². The molecule has 0 saturated heterocycles. The maximum Gasteiger partial charge on any atom is 0.250 e. The van der Waals surface area contributed by atoms with E-state index in [1.807, 2.05) is 30.3 Å².